The molecule has 216 valence electrons. The predicted molar refractivity (Wildman–Crippen MR) is 156 cm³/mol. The molecule has 2 heterocycles. The summed E-state index contributed by atoms with van der Waals surface area (Å²) in [5.74, 6) is 0.263. The van der Waals surface area contributed by atoms with Crippen molar-refractivity contribution in [1.29, 1.82) is 0 Å². The fraction of sp³-hybridized carbons (Fsp3) is 0.438. The molecule has 4 N–H and O–H groups in total. The smallest absolute Gasteiger partial charge is 0.295 e. The molecule has 0 aromatic heterocycles. The number of hydrogen-bond donors (Lipinski definition) is 4. The third-order valence-electron chi connectivity index (χ3n) is 8.25. The van der Waals surface area contributed by atoms with Gasteiger partial charge in [0, 0.05) is 18.5 Å². The van der Waals surface area contributed by atoms with Gasteiger partial charge in [-0.2, -0.15) is 0 Å². The van der Waals surface area contributed by atoms with Gasteiger partial charge in [0.15, 0.2) is 0 Å². The van der Waals surface area contributed by atoms with Crippen molar-refractivity contribution in [3.8, 4) is 12.3 Å². The average molecular weight is 558 g/mol. The van der Waals surface area contributed by atoms with Gasteiger partial charge in [0.1, 0.15) is 12.1 Å². The first-order chi connectivity index (χ1) is 19.9. The maximum atomic E-state index is 14.2. The van der Waals surface area contributed by atoms with Crippen LogP contribution in [0.5, 0.6) is 0 Å². The molecule has 0 bridgehead atoms. The van der Waals surface area contributed by atoms with Gasteiger partial charge < -0.3 is 26.2 Å². The van der Waals surface area contributed by atoms with Crippen molar-refractivity contribution in [3.05, 3.63) is 71.8 Å². The molecule has 9 nitrogen and oxygen atoms in total. The molecule has 41 heavy (non-hydrogen) atoms. The Kier molecular flexibility index (Phi) is 10.1. The standard InChI is InChI=1S/C32H39N5O4/c1-4-25(33-3)30(39)36-29-23(20-34-27(38)5-2)16-17-24-18-19-26(37(24)32(29)41)31(40)35-28(21-12-8-6-9-13-21)22-14-10-7-11-15-22/h2,6-15,23-26,28-29,33H,4,16-20H2,1,3H3,(H,34,38)(H,35,40)(H,36,39)/t23-,24+,25+,26+,29?/m1/s1. The molecule has 4 rings (SSSR count). The number of carbonyl (C=O) groups excluding carboxylic acids is 4. The molecule has 2 aromatic rings. The van der Waals surface area contributed by atoms with Crippen LogP contribution in [0.2, 0.25) is 0 Å². The Labute approximate surface area is 241 Å². The predicted octanol–water partition coefficient (Wildman–Crippen LogP) is 1.89. The van der Waals surface area contributed by atoms with E-state index in [0.717, 1.165) is 11.1 Å². The Bertz CT molecular complexity index is 1220. The number of benzene rings is 2. The van der Waals surface area contributed by atoms with Crippen molar-refractivity contribution < 1.29 is 19.2 Å². The molecule has 5 atom stereocenters. The Morgan fingerprint density at radius 2 is 1.59 bits per heavy atom. The van der Waals surface area contributed by atoms with Gasteiger partial charge in [0.2, 0.25) is 17.7 Å². The highest BCUT2D eigenvalue weighted by Gasteiger charge is 2.48. The van der Waals surface area contributed by atoms with E-state index in [2.05, 4.69) is 21.3 Å². The Hall–Kier alpha value is -4.16. The van der Waals surface area contributed by atoms with E-state index < -0.39 is 24.0 Å². The fourth-order valence-corrected chi connectivity index (χ4v) is 6.03. The molecular formula is C32H39N5O4. The largest absolute Gasteiger partial charge is 0.345 e. The maximum absolute atomic E-state index is 14.2. The molecular weight excluding hydrogens is 518 g/mol. The normalized spacial score (nSPS) is 22.7. The highest BCUT2D eigenvalue weighted by molar-refractivity contribution is 5.95. The minimum atomic E-state index is -0.902. The number of amides is 4. The second-order valence-corrected chi connectivity index (χ2v) is 10.7. The minimum absolute atomic E-state index is 0.135. The molecule has 0 saturated carbocycles. The fourth-order valence-electron chi connectivity index (χ4n) is 6.03. The summed E-state index contributed by atoms with van der Waals surface area (Å²) in [6.07, 6.45) is 8.23. The molecule has 2 aliphatic rings. The summed E-state index contributed by atoms with van der Waals surface area (Å²) in [5, 5.41) is 11.8. The Balaban J connectivity index is 1.60. The molecule has 0 radical (unpaired) electrons. The minimum Gasteiger partial charge on any atom is -0.345 e. The third kappa shape index (κ3) is 6.95. The van der Waals surface area contributed by atoms with E-state index in [1.165, 1.54) is 0 Å². The topological polar surface area (TPSA) is 120 Å². The summed E-state index contributed by atoms with van der Waals surface area (Å²) < 4.78 is 0. The van der Waals surface area contributed by atoms with Crippen LogP contribution in [-0.2, 0) is 19.2 Å². The van der Waals surface area contributed by atoms with E-state index >= 15 is 0 Å². The number of hydrogen-bond acceptors (Lipinski definition) is 5. The molecule has 0 spiro atoms. The number of rotatable bonds is 10. The molecule has 2 saturated heterocycles. The molecule has 2 aliphatic heterocycles. The maximum Gasteiger partial charge on any atom is 0.295 e. The number of likely N-dealkylation sites (N-methyl/N-ethyl adjacent to an activating group) is 1. The van der Waals surface area contributed by atoms with Gasteiger partial charge in [-0.25, -0.2) is 0 Å². The lowest BCUT2D eigenvalue weighted by atomic mass is 9.92. The molecule has 9 heteroatoms. The van der Waals surface area contributed by atoms with Gasteiger partial charge >= 0.3 is 0 Å². The van der Waals surface area contributed by atoms with Gasteiger partial charge in [-0.1, -0.05) is 67.6 Å². The van der Waals surface area contributed by atoms with Crippen molar-refractivity contribution in [3.63, 3.8) is 0 Å². The highest BCUT2D eigenvalue weighted by Crippen LogP contribution is 2.35. The van der Waals surface area contributed by atoms with Crippen LogP contribution < -0.4 is 21.3 Å². The van der Waals surface area contributed by atoms with Crippen LogP contribution >= 0.6 is 0 Å². The lowest BCUT2D eigenvalue weighted by molar-refractivity contribution is -0.143. The van der Waals surface area contributed by atoms with Gasteiger partial charge in [0.25, 0.3) is 5.91 Å². The van der Waals surface area contributed by atoms with Crippen LogP contribution in [0.1, 0.15) is 56.2 Å². The van der Waals surface area contributed by atoms with Crippen molar-refractivity contribution in [2.45, 2.75) is 69.2 Å². The first-order valence-electron chi connectivity index (χ1n) is 14.3. The Morgan fingerprint density at radius 3 is 2.15 bits per heavy atom. The van der Waals surface area contributed by atoms with Crippen molar-refractivity contribution >= 4 is 23.6 Å². The van der Waals surface area contributed by atoms with Gasteiger partial charge in [-0.15, -0.1) is 6.42 Å². The third-order valence-corrected chi connectivity index (χ3v) is 8.25. The zero-order valence-electron chi connectivity index (χ0n) is 23.6. The lowest BCUT2D eigenvalue weighted by Crippen LogP contribution is -2.59. The molecule has 1 unspecified atom stereocenters. The van der Waals surface area contributed by atoms with E-state index in [4.69, 9.17) is 6.42 Å². The highest BCUT2D eigenvalue weighted by atomic mass is 16.2. The summed E-state index contributed by atoms with van der Waals surface area (Å²) in [4.78, 5) is 54.7. The summed E-state index contributed by atoms with van der Waals surface area (Å²) in [6.45, 7) is 2.03. The number of nitrogens with zero attached hydrogens (tertiary/aromatic N) is 1. The quantitative estimate of drug-likeness (QED) is 0.333. The monoisotopic (exact) mass is 557 g/mol. The first-order valence-corrected chi connectivity index (χ1v) is 14.3. The first kappa shape index (κ1) is 29.8. The Morgan fingerprint density at radius 1 is 0.976 bits per heavy atom. The van der Waals surface area contributed by atoms with E-state index in [-0.39, 0.29) is 42.3 Å². The second-order valence-electron chi connectivity index (χ2n) is 10.7. The van der Waals surface area contributed by atoms with Gasteiger partial charge in [0.05, 0.1) is 12.1 Å². The number of nitrogens with one attached hydrogen (secondary N) is 4. The molecule has 2 aromatic carbocycles. The summed E-state index contributed by atoms with van der Waals surface area (Å²) in [5.41, 5.74) is 1.88. The van der Waals surface area contributed by atoms with Crippen LogP contribution in [0.15, 0.2) is 60.7 Å². The van der Waals surface area contributed by atoms with Crippen LogP contribution in [-0.4, -0.2) is 66.3 Å². The zero-order valence-corrected chi connectivity index (χ0v) is 23.6. The molecule has 0 aliphatic carbocycles. The van der Waals surface area contributed by atoms with E-state index in [1.807, 2.05) is 73.5 Å². The average Bonchev–Trinajstić information content (AvgIpc) is 3.39. The molecule has 4 amide bonds. The van der Waals surface area contributed by atoms with E-state index in [1.54, 1.807) is 11.9 Å². The van der Waals surface area contributed by atoms with Crippen LogP contribution in [0.25, 0.3) is 0 Å². The lowest BCUT2D eigenvalue weighted by Gasteiger charge is -2.33. The van der Waals surface area contributed by atoms with E-state index in [0.29, 0.717) is 32.1 Å². The second kappa shape index (κ2) is 14.0. The van der Waals surface area contributed by atoms with E-state index in [9.17, 15) is 19.2 Å². The SMILES string of the molecule is C#CC(=O)NC[C@H]1CC[C@H]2CC[C@@H](C(=O)NC(c3ccccc3)c3ccccc3)N2C(=O)C1NC(=O)[C@H](CC)NC. The molecule has 2 fully saturated rings. The van der Waals surface area contributed by atoms with Crippen molar-refractivity contribution in [2.24, 2.45) is 5.92 Å². The van der Waals surface area contributed by atoms with Crippen LogP contribution in [0.3, 0.4) is 0 Å². The number of carbonyl (C=O) groups is 4. The summed E-state index contributed by atoms with van der Waals surface area (Å²) in [6, 6.07) is 16.9. The van der Waals surface area contributed by atoms with Crippen LogP contribution in [0, 0.1) is 18.3 Å². The summed E-state index contributed by atoms with van der Waals surface area (Å²) >= 11 is 0. The summed E-state index contributed by atoms with van der Waals surface area (Å²) in [7, 11) is 1.69. The van der Waals surface area contributed by atoms with Crippen LogP contribution in [0.4, 0.5) is 0 Å². The number of fused-ring (bicyclic) bond motifs is 1. The zero-order chi connectivity index (χ0) is 29.4. The van der Waals surface area contributed by atoms with Gasteiger partial charge in [-0.3, -0.25) is 19.2 Å². The number of terminal acetylenes is 1. The van der Waals surface area contributed by atoms with Gasteiger partial charge in [-0.05, 0) is 56.2 Å². The van der Waals surface area contributed by atoms with Crippen molar-refractivity contribution in [2.75, 3.05) is 13.6 Å². The van der Waals surface area contributed by atoms with Crippen molar-refractivity contribution in [1.82, 2.24) is 26.2 Å².